The van der Waals surface area contributed by atoms with Crippen molar-refractivity contribution in [1.82, 2.24) is 10.3 Å². The molecule has 0 aliphatic carbocycles. The molecule has 3 N–H and O–H groups in total. The summed E-state index contributed by atoms with van der Waals surface area (Å²) in [6.07, 6.45) is 3.27. The van der Waals surface area contributed by atoms with Crippen molar-refractivity contribution in [1.29, 1.82) is 5.41 Å². The summed E-state index contributed by atoms with van der Waals surface area (Å²) in [5.41, 5.74) is 2.62. The van der Waals surface area contributed by atoms with Gasteiger partial charge in [0.25, 0.3) is 0 Å². The molecule has 0 atom stereocenters. The molecule has 0 bridgehead atoms. The number of nitrogens with one attached hydrogen (secondary N) is 3. The van der Waals surface area contributed by atoms with Crippen LogP contribution in [0.15, 0.2) is 36.5 Å². The Hall–Kier alpha value is -2.60. The monoisotopic (exact) mass is 339 g/mol. The molecule has 0 radical (unpaired) electrons. The van der Waals surface area contributed by atoms with Crippen LogP contribution in [0.4, 0.5) is 17.2 Å². The molecule has 1 fully saturated rings. The Balaban J connectivity index is 1.82. The molecule has 0 saturated carbocycles. The first kappa shape index (κ1) is 17.2. The van der Waals surface area contributed by atoms with E-state index in [2.05, 4.69) is 26.6 Å². The number of ether oxygens (including phenoxy) is 1. The normalized spacial score (nSPS) is 14.4. The molecule has 25 heavy (non-hydrogen) atoms. The Morgan fingerprint density at radius 1 is 1.24 bits per heavy atom. The fourth-order valence-corrected chi connectivity index (χ4v) is 2.83. The smallest absolute Gasteiger partial charge is 0.130 e. The van der Waals surface area contributed by atoms with Crippen molar-refractivity contribution in [3.05, 3.63) is 42.1 Å². The van der Waals surface area contributed by atoms with Crippen LogP contribution in [-0.4, -0.2) is 43.5 Å². The van der Waals surface area contributed by atoms with Gasteiger partial charge in [-0.1, -0.05) is 0 Å². The second-order valence-corrected chi connectivity index (χ2v) is 6.32. The van der Waals surface area contributed by atoms with E-state index in [0.29, 0.717) is 0 Å². The van der Waals surface area contributed by atoms with Crippen molar-refractivity contribution >= 4 is 23.4 Å². The Morgan fingerprint density at radius 3 is 2.76 bits per heavy atom. The summed E-state index contributed by atoms with van der Waals surface area (Å²) in [5, 5.41) is 14.4. The van der Waals surface area contributed by atoms with Gasteiger partial charge in [-0.05, 0) is 32.0 Å². The molecule has 1 aromatic carbocycles. The van der Waals surface area contributed by atoms with E-state index in [-0.39, 0.29) is 6.10 Å². The minimum Gasteiger partial charge on any atom is -0.491 e. The third kappa shape index (κ3) is 4.48. The van der Waals surface area contributed by atoms with E-state index in [1.807, 2.05) is 44.3 Å². The van der Waals surface area contributed by atoms with E-state index >= 15 is 0 Å². The molecule has 0 amide bonds. The number of rotatable bonds is 6. The second-order valence-electron chi connectivity index (χ2n) is 6.32. The van der Waals surface area contributed by atoms with Gasteiger partial charge in [-0.2, -0.15) is 0 Å². The highest BCUT2D eigenvalue weighted by molar-refractivity contribution is 5.88. The van der Waals surface area contributed by atoms with Crippen LogP contribution >= 0.6 is 0 Å². The number of nitrogens with zero attached hydrogens (tertiary/aromatic N) is 2. The van der Waals surface area contributed by atoms with Gasteiger partial charge < -0.3 is 25.7 Å². The van der Waals surface area contributed by atoms with Crippen LogP contribution in [-0.2, 0) is 0 Å². The predicted molar refractivity (Wildman–Crippen MR) is 103 cm³/mol. The number of hydrogen-bond acceptors (Lipinski definition) is 6. The van der Waals surface area contributed by atoms with Gasteiger partial charge in [0.1, 0.15) is 11.6 Å². The Kier molecular flexibility index (Phi) is 5.50. The van der Waals surface area contributed by atoms with Gasteiger partial charge in [0.2, 0.25) is 0 Å². The lowest BCUT2D eigenvalue weighted by molar-refractivity contribution is 0.242. The lowest BCUT2D eigenvalue weighted by atomic mass is 10.1. The Morgan fingerprint density at radius 2 is 2.04 bits per heavy atom. The molecule has 1 aliphatic rings. The molecule has 1 saturated heterocycles. The van der Waals surface area contributed by atoms with Gasteiger partial charge in [-0.25, -0.2) is 4.98 Å². The molecular weight excluding hydrogens is 314 g/mol. The summed E-state index contributed by atoms with van der Waals surface area (Å²) < 4.78 is 5.77. The number of benzene rings is 1. The van der Waals surface area contributed by atoms with Crippen molar-refractivity contribution in [2.24, 2.45) is 0 Å². The molecule has 2 aromatic rings. The topological polar surface area (TPSA) is 73.3 Å². The van der Waals surface area contributed by atoms with Crippen molar-refractivity contribution in [2.75, 3.05) is 36.4 Å². The molecule has 0 unspecified atom stereocenters. The van der Waals surface area contributed by atoms with Crippen LogP contribution in [0.5, 0.6) is 5.75 Å². The number of aromatic nitrogens is 1. The fraction of sp³-hybridized carbons (Fsp3) is 0.368. The minimum absolute atomic E-state index is 0.110. The van der Waals surface area contributed by atoms with Crippen LogP contribution in [0, 0.1) is 5.41 Å². The number of hydrogen-bond donors (Lipinski definition) is 3. The molecule has 132 valence electrons. The molecule has 6 nitrogen and oxygen atoms in total. The van der Waals surface area contributed by atoms with Crippen LogP contribution in [0.1, 0.15) is 19.4 Å². The SMILES string of the molecule is CC(C)Oc1ccc(C=N)c(Nc2ccnc(N3CCNCC3)c2)c1. The van der Waals surface area contributed by atoms with Gasteiger partial charge in [-0.3, -0.25) is 0 Å². The number of pyridine rings is 1. The van der Waals surface area contributed by atoms with Crippen molar-refractivity contribution in [3.63, 3.8) is 0 Å². The number of anilines is 3. The van der Waals surface area contributed by atoms with Crippen LogP contribution in [0.25, 0.3) is 0 Å². The fourth-order valence-electron chi connectivity index (χ4n) is 2.83. The summed E-state index contributed by atoms with van der Waals surface area (Å²) in [7, 11) is 0. The summed E-state index contributed by atoms with van der Waals surface area (Å²) in [5.74, 6) is 1.76. The summed E-state index contributed by atoms with van der Waals surface area (Å²) >= 11 is 0. The standard InChI is InChI=1S/C19H25N5O/c1-14(2)25-17-4-3-15(13-20)18(12-17)23-16-5-6-22-19(11-16)24-9-7-21-8-10-24/h3-6,11-14,20-21H,7-10H2,1-2H3,(H,22,23). The zero-order valence-electron chi connectivity index (χ0n) is 14.7. The molecule has 0 spiro atoms. The van der Waals surface area contributed by atoms with Crippen molar-refractivity contribution < 1.29 is 4.74 Å². The van der Waals surface area contributed by atoms with E-state index in [1.165, 1.54) is 6.21 Å². The molecule has 1 aliphatic heterocycles. The average molecular weight is 339 g/mol. The maximum absolute atomic E-state index is 7.63. The molecule has 6 heteroatoms. The first-order chi connectivity index (χ1) is 12.2. The molecule has 1 aromatic heterocycles. The maximum Gasteiger partial charge on any atom is 0.130 e. The maximum atomic E-state index is 7.63. The van der Waals surface area contributed by atoms with Gasteiger partial charge >= 0.3 is 0 Å². The molecular formula is C19H25N5O. The highest BCUT2D eigenvalue weighted by Gasteiger charge is 2.12. The van der Waals surface area contributed by atoms with Crippen molar-refractivity contribution in [2.45, 2.75) is 20.0 Å². The van der Waals surface area contributed by atoms with E-state index in [1.54, 1.807) is 0 Å². The highest BCUT2D eigenvalue weighted by atomic mass is 16.5. The van der Waals surface area contributed by atoms with Crippen molar-refractivity contribution in [3.8, 4) is 5.75 Å². The Bertz CT molecular complexity index is 726. The zero-order chi connectivity index (χ0) is 17.6. The number of piperazine rings is 1. The lowest BCUT2D eigenvalue weighted by Crippen LogP contribution is -2.43. The molecule has 2 heterocycles. The second kappa shape index (κ2) is 7.98. The van der Waals surface area contributed by atoms with E-state index in [4.69, 9.17) is 10.1 Å². The summed E-state index contributed by atoms with van der Waals surface area (Å²) in [6.45, 7) is 7.87. The zero-order valence-corrected chi connectivity index (χ0v) is 14.7. The average Bonchev–Trinajstić information content (AvgIpc) is 2.62. The quantitative estimate of drug-likeness (QED) is 0.706. The van der Waals surface area contributed by atoms with Gasteiger partial charge in [-0.15, -0.1) is 0 Å². The first-order valence-corrected chi connectivity index (χ1v) is 8.65. The van der Waals surface area contributed by atoms with E-state index in [0.717, 1.165) is 54.7 Å². The summed E-state index contributed by atoms with van der Waals surface area (Å²) in [4.78, 5) is 6.77. The minimum atomic E-state index is 0.110. The van der Waals surface area contributed by atoms with Gasteiger partial charge in [0.05, 0.1) is 11.8 Å². The predicted octanol–water partition coefficient (Wildman–Crippen LogP) is 3.02. The largest absolute Gasteiger partial charge is 0.491 e. The van der Waals surface area contributed by atoms with Crippen LogP contribution in [0.3, 0.4) is 0 Å². The first-order valence-electron chi connectivity index (χ1n) is 8.65. The van der Waals surface area contributed by atoms with E-state index in [9.17, 15) is 0 Å². The lowest BCUT2D eigenvalue weighted by Gasteiger charge is -2.28. The molecule has 3 rings (SSSR count). The third-order valence-corrected chi connectivity index (χ3v) is 4.02. The van der Waals surface area contributed by atoms with Gasteiger partial charge in [0, 0.05) is 62.0 Å². The van der Waals surface area contributed by atoms with Crippen LogP contribution < -0.4 is 20.3 Å². The Labute approximate surface area is 148 Å². The van der Waals surface area contributed by atoms with Gasteiger partial charge in [0.15, 0.2) is 0 Å². The third-order valence-electron chi connectivity index (χ3n) is 4.02. The highest BCUT2D eigenvalue weighted by Crippen LogP contribution is 2.27. The van der Waals surface area contributed by atoms with E-state index < -0.39 is 0 Å². The summed E-state index contributed by atoms with van der Waals surface area (Å²) in [6, 6.07) is 9.71. The van der Waals surface area contributed by atoms with Crippen LogP contribution in [0.2, 0.25) is 0 Å².